The maximum atomic E-state index is 10.9. The molecule has 0 aliphatic carbocycles. The highest BCUT2D eigenvalue weighted by Crippen LogP contribution is 2.23. The summed E-state index contributed by atoms with van der Waals surface area (Å²) in [5, 5.41) is 9.49. The molecule has 1 aromatic carbocycles. The number of aliphatic hydroxyl groups is 1. The molecule has 1 unspecified atom stereocenters. The summed E-state index contributed by atoms with van der Waals surface area (Å²) in [5.74, 6) is 0.601. The van der Waals surface area contributed by atoms with Crippen LogP contribution in [0.25, 0.3) is 0 Å². The maximum Gasteiger partial charge on any atom is 0.181 e. The van der Waals surface area contributed by atoms with E-state index in [0.717, 1.165) is 0 Å². The Morgan fingerprint density at radius 3 is 2.56 bits per heavy atom. The number of hydrogen-bond donors (Lipinski definition) is 1. The molecule has 16 heavy (non-hydrogen) atoms. The fourth-order valence-corrected chi connectivity index (χ4v) is 1.35. The van der Waals surface area contributed by atoms with Gasteiger partial charge >= 0.3 is 0 Å². The number of rotatable bonds is 5. The van der Waals surface area contributed by atoms with E-state index < -0.39 is 6.29 Å². The van der Waals surface area contributed by atoms with Crippen LogP contribution in [0.4, 0.5) is 0 Å². The molecular weight excluding hydrogens is 208 g/mol. The van der Waals surface area contributed by atoms with E-state index in [1.807, 2.05) is 13.8 Å². The van der Waals surface area contributed by atoms with E-state index in [0.29, 0.717) is 23.2 Å². The van der Waals surface area contributed by atoms with Gasteiger partial charge in [0.1, 0.15) is 5.75 Å². The van der Waals surface area contributed by atoms with E-state index in [9.17, 15) is 9.90 Å². The van der Waals surface area contributed by atoms with E-state index in [1.165, 1.54) is 7.11 Å². The molecule has 1 atom stereocenters. The lowest BCUT2D eigenvalue weighted by molar-refractivity contribution is -0.0772. The van der Waals surface area contributed by atoms with Crippen molar-refractivity contribution < 1.29 is 19.4 Å². The minimum atomic E-state index is -1.09. The van der Waals surface area contributed by atoms with Gasteiger partial charge in [0.05, 0.1) is 6.10 Å². The van der Waals surface area contributed by atoms with Crippen molar-refractivity contribution in [2.24, 2.45) is 0 Å². The SMILES string of the molecule is COC(O)c1ccc(OC(C)C)cc1C=O. The summed E-state index contributed by atoms with van der Waals surface area (Å²) >= 11 is 0. The van der Waals surface area contributed by atoms with Crippen LogP contribution >= 0.6 is 0 Å². The number of methoxy groups -OCH3 is 1. The Hall–Kier alpha value is -1.39. The zero-order chi connectivity index (χ0) is 12.1. The number of aldehydes is 1. The second kappa shape index (κ2) is 5.63. The molecule has 88 valence electrons. The third-order valence-electron chi connectivity index (χ3n) is 2.05. The monoisotopic (exact) mass is 224 g/mol. The summed E-state index contributed by atoms with van der Waals surface area (Å²) in [7, 11) is 1.37. The Labute approximate surface area is 94.8 Å². The zero-order valence-electron chi connectivity index (χ0n) is 9.64. The summed E-state index contributed by atoms with van der Waals surface area (Å²) in [6, 6.07) is 4.91. The number of hydrogen-bond acceptors (Lipinski definition) is 4. The van der Waals surface area contributed by atoms with Gasteiger partial charge in [0.2, 0.25) is 0 Å². The quantitative estimate of drug-likeness (QED) is 0.613. The molecule has 4 heteroatoms. The molecule has 0 bridgehead atoms. The molecule has 0 spiro atoms. The Morgan fingerprint density at radius 1 is 1.38 bits per heavy atom. The van der Waals surface area contributed by atoms with Crippen LogP contribution in [0.1, 0.15) is 36.1 Å². The van der Waals surface area contributed by atoms with Crippen molar-refractivity contribution >= 4 is 6.29 Å². The highest BCUT2D eigenvalue weighted by atomic mass is 16.6. The lowest BCUT2D eigenvalue weighted by Crippen LogP contribution is -2.08. The van der Waals surface area contributed by atoms with Crippen LogP contribution < -0.4 is 4.74 Å². The third kappa shape index (κ3) is 3.05. The largest absolute Gasteiger partial charge is 0.491 e. The average Bonchev–Trinajstić information content (AvgIpc) is 2.27. The van der Waals surface area contributed by atoms with Crippen LogP contribution in [0.5, 0.6) is 5.75 Å². The molecule has 1 N–H and O–H groups in total. The van der Waals surface area contributed by atoms with E-state index in [4.69, 9.17) is 9.47 Å². The molecule has 4 nitrogen and oxygen atoms in total. The molecule has 0 aromatic heterocycles. The molecule has 0 saturated heterocycles. The Balaban J connectivity index is 3.01. The highest BCUT2D eigenvalue weighted by Gasteiger charge is 2.12. The standard InChI is InChI=1S/C12H16O4/c1-8(2)16-10-4-5-11(12(14)15-3)9(6-10)7-13/h4-8,12,14H,1-3H3. The van der Waals surface area contributed by atoms with E-state index in [1.54, 1.807) is 18.2 Å². The fourth-order valence-electron chi connectivity index (χ4n) is 1.35. The molecule has 0 aliphatic heterocycles. The first-order valence-electron chi connectivity index (χ1n) is 5.05. The first-order valence-corrected chi connectivity index (χ1v) is 5.05. The van der Waals surface area contributed by atoms with Crippen molar-refractivity contribution in [2.75, 3.05) is 7.11 Å². The van der Waals surface area contributed by atoms with Crippen molar-refractivity contribution in [3.8, 4) is 5.75 Å². The first kappa shape index (κ1) is 12.7. The topological polar surface area (TPSA) is 55.8 Å². The molecule has 0 aliphatic rings. The smallest absolute Gasteiger partial charge is 0.181 e. The second-order valence-corrected chi connectivity index (χ2v) is 3.66. The van der Waals surface area contributed by atoms with Crippen LogP contribution in [0.15, 0.2) is 18.2 Å². The predicted molar refractivity (Wildman–Crippen MR) is 59.6 cm³/mol. The highest BCUT2D eigenvalue weighted by molar-refractivity contribution is 5.78. The summed E-state index contributed by atoms with van der Waals surface area (Å²) in [6.07, 6.45) is -0.379. The Morgan fingerprint density at radius 2 is 2.06 bits per heavy atom. The molecule has 0 saturated carbocycles. The molecule has 1 rings (SSSR count). The first-order chi connectivity index (χ1) is 7.58. The van der Waals surface area contributed by atoms with Crippen molar-refractivity contribution in [3.63, 3.8) is 0 Å². The fraction of sp³-hybridized carbons (Fsp3) is 0.417. The summed E-state index contributed by atoms with van der Waals surface area (Å²) < 4.78 is 10.2. The van der Waals surface area contributed by atoms with Gasteiger partial charge < -0.3 is 14.6 Å². The maximum absolute atomic E-state index is 10.9. The normalized spacial score (nSPS) is 12.6. The van der Waals surface area contributed by atoms with Crippen molar-refractivity contribution in [1.29, 1.82) is 0 Å². The second-order valence-electron chi connectivity index (χ2n) is 3.66. The lowest BCUT2D eigenvalue weighted by Gasteiger charge is -2.14. The number of carbonyl (C=O) groups is 1. The van der Waals surface area contributed by atoms with Crippen molar-refractivity contribution in [3.05, 3.63) is 29.3 Å². The van der Waals surface area contributed by atoms with E-state index in [2.05, 4.69) is 0 Å². The summed E-state index contributed by atoms with van der Waals surface area (Å²) in [4.78, 5) is 10.9. The van der Waals surface area contributed by atoms with Gasteiger partial charge in [-0.25, -0.2) is 0 Å². The van der Waals surface area contributed by atoms with E-state index in [-0.39, 0.29) is 6.10 Å². The number of carbonyl (C=O) groups excluding carboxylic acids is 1. The number of ether oxygens (including phenoxy) is 2. The third-order valence-corrected chi connectivity index (χ3v) is 2.05. The van der Waals surface area contributed by atoms with Gasteiger partial charge in [-0.1, -0.05) is 0 Å². The summed E-state index contributed by atoms with van der Waals surface area (Å²) in [6.45, 7) is 3.80. The van der Waals surface area contributed by atoms with Crippen molar-refractivity contribution in [1.82, 2.24) is 0 Å². The summed E-state index contributed by atoms with van der Waals surface area (Å²) in [5.41, 5.74) is 0.807. The molecule has 0 heterocycles. The number of benzene rings is 1. The van der Waals surface area contributed by atoms with Crippen LogP contribution in [0, 0.1) is 0 Å². The van der Waals surface area contributed by atoms with Gasteiger partial charge in [-0.2, -0.15) is 0 Å². The molecule has 0 radical (unpaired) electrons. The van der Waals surface area contributed by atoms with Crippen molar-refractivity contribution in [2.45, 2.75) is 26.2 Å². The molecule has 1 aromatic rings. The molecular formula is C12H16O4. The molecule has 0 fully saturated rings. The van der Waals surface area contributed by atoms with Gasteiger partial charge in [-0.05, 0) is 32.0 Å². The molecule has 0 amide bonds. The van der Waals surface area contributed by atoms with Crippen LogP contribution in [-0.2, 0) is 4.74 Å². The van der Waals surface area contributed by atoms with Gasteiger partial charge in [0.15, 0.2) is 12.6 Å². The average molecular weight is 224 g/mol. The lowest BCUT2D eigenvalue weighted by atomic mass is 10.1. The number of aliphatic hydroxyl groups excluding tert-OH is 1. The van der Waals surface area contributed by atoms with Crippen LogP contribution in [-0.4, -0.2) is 24.6 Å². The van der Waals surface area contributed by atoms with Gasteiger partial charge in [0.25, 0.3) is 0 Å². The van der Waals surface area contributed by atoms with E-state index >= 15 is 0 Å². The Bertz CT molecular complexity index is 360. The predicted octanol–water partition coefficient (Wildman–Crippen LogP) is 1.92. The van der Waals surface area contributed by atoms with Gasteiger partial charge in [-0.3, -0.25) is 4.79 Å². The van der Waals surface area contributed by atoms with Gasteiger partial charge in [0, 0.05) is 18.2 Å². The van der Waals surface area contributed by atoms with Crippen LogP contribution in [0.3, 0.4) is 0 Å². The minimum Gasteiger partial charge on any atom is -0.491 e. The zero-order valence-corrected chi connectivity index (χ0v) is 9.64. The minimum absolute atomic E-state index is 0.0395. The van der Waals surface area contributed by atoms with Crippen LogP contribution in [0.2, 0.25) is 0 Å². The Kier molecular flexibility index (Phi) is 4.46. The van der Waals surface area contributed by atoms with Gasteiger partial charge in [-0.15, -0.1) is 0 Å².